The maximum Gasteiger partial charge on any atom is 0.338 e. The van der Waals surface area contributed by atoms with Gasteiger partial charge in [-0.05, 0) is 62.4 Å². The SMILES string of the molecule is O=C(O[C@@H]1/C=C\C[C@@H]2O[C@H]2CC/C=C\CC1)c1ccc(Br)cc1. The lowest BCUT2D eigenvalue weighted by molar-refractivity contribution is 0.0381. The molecule has 1 aliphatic carbocycles. The van der Waals surface area contributed by atoms with Crippen LogP contribution in [-0.2, 0) is 9.47 Å². The summed E-state index contributed by atoms with van der Waals surface area (Å²) < 4.78 is 12.2. The zero-order valence-electron chi connectivity index (χ0n) is 13.0. The molecule has 3 atom stereocenters. The third kappa shape index (κ3) is 5.05. The Morgan fingerprint density at radius 1 is 1.04 bits per heavy atom. The Labute approximate surface area is 145 Å². The van der Waals surface area contributed by atoms with Gasteiger partial charge in [0, 0.05) is 4.47 Å². The van der Waals surface area contributed by atoms with Gasteiger partial charge in [0.2, 0.25) is 0 Å². The first-order valence-corrected chi connectivity index (χ1v) is 8.95. The molecule has 1 aromatic rings. The molecule has 4 heteroatoms. The molecule has 0 spiro atoms. The van der Waals surface area contributed by atoms with Crippen LogP contribution in [0.5, 0.6) is 0 Å². The fourth-order valence-electron chi connectivity index (χ4n) is 2.75. The molecule has 1 heterocycles. The molecule has 3 rings (SSSR count). The van der Waals surface area contributed by atoms with Crippen LogP contribution in [0.4, 0.5) is 0 Å². The van der Waals surface area contributed by atoms with Crippen LogP contribution in [0.15, 0.2) is 53.0 Å². The highest BCUT2D eigenvalue weighted by atomic mass is 79.9. The van der Waals surface area contributed by atoms with E-state index in [9.17, 15) is 4.79 Å². The molecular formula is C19H21BrO3. The Morgan fingerprint density at radius 3 is 2.57 bits per heavy atom. The number of hydrogen-bond donors (Lipinski definition) is 0. The first kappa shape index (κ1) is 16.5. The molecule has 2 aliphatic rings. The van der Waals surface area contributed by atoms with Crippen molar-refractivity contribution in [3.8, 4) is 0 Å². The van der Waals surface area contributed by atoms with Gasteiger partial charge in [-0.1, -0.05) is 34.2 Å². The number of halogens is 1. The Morgan fingerprint density at radius 2 is 1.78 bits per heavy atom. The lowest BCUT2D eigenvalue weighted by Crippen LogP contribution is -2.16. The molecular weight excluding hydrogens is 356 g/mol. The Hall–Kier alpha value is -1.39. The molecule has 1 aliphatic heterocycles. The molecule has 23 heavy (non-hydrogen) atoms. The van der Waals surface area contributed by atoms with Gasteiger partial charge < -0.3 is 9.47 Å². The highest BCUT2D eigenvalue weighted by Crippen LogP contribution is 2.30. The minimum atomic E-state index is -0.274. The molecule has 0 bridgehead atoms. The summed E-state index contributed by atoms with van der Waals surface area (Å²) in [6, 6.07) is 7.24. The third-order valence-electron chi connectivity index (χ3n) is 4.15. The quantitative estimate of drug-likeness (QED) is 0.422. The number of carbonyl (C=O) groups is 1. The van der Waals surface area contributed by atoms with Crippen LogP contribution in [0, 0.1) is 0 Å². The molecule has 0 saturated carbocycles. The van der Waals surface area contributed by atoms with Crippen LogP contribution in [0.3, 0.4) is 0 Å². The van der Waals surface area contributed by atoms with E-state index in [0.717, 1.165) is 36.6 Å². The van der Waals surface area contributed by atoms with Crippen molar-refractivity contribution in [1.29, 1.82) is 0 Å². The molecule has 0 unspecified atom stereocenters. The Balaban J connectivity index is 1.61. The van der Waals surface area contributed by atoms with Crippen LogP contribution in [0.25, 0.3) is 0 Å². The number of carbonyl (C=O) groups excluding carboxylic acids is 1. The van der Waals surface area contributed by atoms with Crippen LogP contribution in [-0.4, -0.2) is 24.3 Å². The van der Waals surface area contributed by atoms with Crippen molar-refractivity contribution in [2.24, 2.45) is 0 Å². The van der Waals surface area contributed by atoms with E-state index in [1.165, 1.54) is 0 Å². The molecule has 122 valence electrons. The number of esters is 1. The van der Waals surface area contributed by atoms with Gasteiger partial charge in [-0.3, -0.25) is 0 Å². The summed E-state index contributed by atoms with van der Waals surface area (Å²) in [5.74, 6) is -0.274. The van der Waals surface area contributed by atoms with Crippen molar-refractivity contribution in [3.63, 3.8) is 0 Å². The van der Waals surface area contributed by atoms with E-state index in [0.29, 0.717) is 17.8 Å². The van der Waals surface area contributed by atoms with E-state index in [1.807, 2.05) is 18.2 Å². The third-order valence-corrected chi connectivity index (χ3v) is 4.68. The van der Waals surface area contributed by atoms with Crippen LogP contribution in [0.1, 0.15) is 42.5 Å². The zero-order chi connectivity index (χ0) is 16.1. The normalized spacial score (nSPS) is 30.2. The minimum absolute atomic E-state index is 0.188. The summed E-state index contributed by atoms with van der Waals surface area (Å²) in [5.41, 5.74) is 0.578. The highest BCUT2D eigenvalue weighted by Gasteiger charge is 2.36. The number of rotatable bonds is 2. The largest absolute Gasteiger partial charge is 0.455 e. The van der Waals surface area contributed by atoms with E-state index in [1.54, 1.807) is 12.1 Å². The first-order chi connectivity index (χ1) is 11.2. The van der Waals surface area contributed by atoms with Gasteiger partial charge in [0.1, 0.15) is 6.10 Å². The molecule has 1 aromatic carbocycles. The van der Waals surface area contributed by atoms with Crippen molar-refractivity contribution in [1.82, 2.24) is 0 Å². The monoisotopic (exact) mass is 376 g/mol. The Kier molecular flexibility index (Phi) is 5.68. The molecule has 3 nitrogen and oxygen atoms in total. The molecule has 0 amide bonds. The minimum Gasteiger partial charge on any atom is -0.455 e. The van der Waals surface area contributed by atoms with E-state index >= 15 is 0 Å². The average molecular weight is 377 g/mol. The second-order valence-electron chi connectivity index (χ2n) is 5.95. The van der Waals surface area contributed by atoms with Gasteiger partial charge in [0.25, 0.3) is 0 Å². The number of ether oxygens (including phenoxy) is 2. The number of fused-ring (bicyclic) bond motifs is 1. The first-order valence-electron chi connectivity index (χ1n) is 8.16. The second-order valence-corrected chi connectivity index (χ2v) is 6.87. The standard InChI is InChI=1S/C19H21BrO3/c20-15-12-10-14(11-13-15)19(21)22-16-6-3-1-2-4-8-17-18(23-17)9-5-7-16/h1-2,5,7,10-13,16-18H,3-4,6,8-9H2/b2-1-,7-5-/t16-,17-,18-/m0/s1. The molecule has 0 N–H and O–H groups in total. The topological polar surface area (TPSA) is 38.8 Å². The smallest absolute Gasteiger partial charge is 0.338 e. The summed E-state index contributed by atoms with van der Waals surface area (Å²) in [6.45, 7) is 0. The molecule has 0 aromatic heterocycles. The predicted octanol–water partition coefficient (Wildman–Crippen LogP) is 4.82. The highest BCUT2D eigenvalue weighted by molar-refractivity contribution is 9.10. The summed E-state index contributed by atoms with van der Waals surface area (Å²) in [4.78, 5) is 12.3. The van der Waals surface area contributed by atoms with Crippen molar-refractivity contribution in [2.45, 2.75) is 50.4 Å². The van der Waals surface area contributed by atoms with Crippen LogP contribution < -0.4 is 0 Å². The van der Waals surface area contributed by atoms with Gasteiger partial charge in [0.15, 0.2) is 0 Å². The van der Waals surface area contributed by atoms with Crippen molar-refractivity contribution < 1.29 is 14.3 Å². The van der Waals surface area contributed by atoms with Crippen LogP contribution >= 0.6 is 15.9 Å². The van der Waals surface area contributed by atoms with Crippen LogP contribution in [0.2, 0.25) is 0 Å². The number of allylic oxidation sites excluding steroid dienone is 2. The maximum atomic E-state index is 12.3. The van der Waals surface area contributed by atoms with Gasteiger partial charge in [-0.25, -0.2) is 4.79 Å². The lowest BCUT2D eigenvalue weighted by atomic mass is 10.1. The fourth-order valence-corrected chi connectivity index (χ4v) is 3.01. The molecule has 1 fully saturated rings. The molecule has 1 saturated heterocycles. The van der Waals surface area contributed by atoms with Gasteiger partial charge in [0.05, 0.1) is 17.8 Å². The number of epoxide rings is 1. The summed E-state index contributed by atoms with van der Waals surface area (Å²) in [5, 5.41) is 0. The average Bonchev–Trinajstić information content (AvgIpc) is 3.27. The summed E-state index contributed by atoms with van der Waals surface area (Å²) >= 11 is 3.37. The van der Waals surface area contributed by atoms with E-state index in [-0.39, 0.29) is 12.1 Å². The van der Waals surface area contributed by atoms with Crippen molar-refractivity contribution >= 4 is 21.9 Å². The van der Waals surface area contributed by atoms with Gasteiger partial charge >= 0.3 is 5.97 Å². The van der Waals surface area contributed by atoms with Crippen molar-refractivity contribution in [3.05, 3.63) is 58.6 Å². The number of hydrogen-bond acceptors (Lipinski definition) is 3. The Bertz CT molecular complexity index is 591. The van der Waals surface area contributed by atoms with E-state index in [2.05, 4.69) is 34.2 Å². The lowest BCUT2D eigenvalue weighted by Gasteiger charge is -2.14. The second kappa shape index (κ2) is 7.93. The van der Waals surface area contributed by atoms with Gasteiger partial charge in [-0.15, -0.1) is 0 Å². The predicted molar refractivity (Wildman–Crippen MR) is 93.4 cm³/mol. The molecule has 0 radical (unpaired) electrons. The van der Waals surface area contributed by atoms with E-state index in [4.69, 9.17) is 9.47 Å². The van der Waals surface area contributed by atoms with E-state index < -0.39 is 0 Å². The summed E-state index contributed by atoms with van der Waals surface area (Å²) in [7, 11) is 0. The zero-order valence-corrected chi connectivity index (χ0v) is 14.6. The van der Waals surface area contributed by atoms with Gasteiger partial charge in [-0.2, -0.15) is 0 Å². The number of benzene rings is 1. The summed E-state index contributed by atoms with van der Waals surface area (Å²) in [6.07, 6.45) is 13.8. The maximum absolute atomic E-state index is 12.3. The fraction of sp³-hybridized carbons (Fsp3) is 0.421. The van der Waals surface area contributed by atoms with Crippen molar-refractivity contribution in [2.75, 3.05) is 0 Å².